The van der Waals surface area contributed by atoms with Gasteiger partial charge in [0, 0.05) is 17.4 Å². The molecule has 138 valence electrons. The highest BCUT2D eigenvalue weighted by Crippen LogP contribution is 2.33. The van der Waals surface area contributed by atoms with E-state index in [0.29, 0.717) is 14.5 Å². The van der Waals surface area contributed by atoms with Crippen LogP contribution in [0.3, 0.4) is 0 Å². The zero-order valence-corrected chi connectivity index (χ0v) is 17.4. The van der Waals surface area contributed by atoms with Crippen molar-refractivity contribution in [3.63, 3.8) is 0 Å². The molecule has 0 spiro atoms. The van der Waals surface area contributed by atoms with Gasteiger partial charge < -0.3 is 14.4 Å². The van der Waals surface area contributed by atoms with E-state index in [1.54, 1.807) is 13.3 Å². The minimum atomic E-state index is -0.393. The summed E-state index contributed by atoms with van der Waals surface area (Å²) >= 11 is 6.40. The standard InChI is InChI=1S/C19H15Br2N3O3/c1-27-15-6-4-13(5-7-15)24-8-2-3-14(24)11-22-23-19(26)12-9-16(20)18(25)17(21)10-12/h2-11,25H,1H3,(H,23,26)/b22-11-. The first-order valence-electron chi connectivity index (χ1n) is 7.83. The van der Waals surface area contributed by atoms with Crippen LogP contribution in [0.5, 0.6) is 11.5 Å². The largest absolute Gasteiger partial charge is 0.506 e. The van der Waals surface area contributed by atoms with Gasteiger partial charge in [-0.3, -0.25) is 4.79 Å². The summed E-state index contributed by atoms with van der Waals surface area (Å²) in [6.45, 7) is 0. The number of rotatable bonds is 5. The van der Waals surface area contributed by atoms with Gasteiger partial charge in [-0.25, -0.2) is 5.43 Å². The Bertz CT molecular complexity index is 975. The number of hydrogen-bond donors (Lipinski definition) is 2. The number of methoxy groups -OCH3 is 1. The highest BCUT2D eigenvalue weighted by Gasteiger charge is 2.11. The molecule has 1 amide bonds. The Kier molecular flexibility index (Phi) is 5.98. The van der Waals surface area contributed by atoms with Gasteiger partial charge in [-0.2, -0.15) is 5.10 Å². The van der Waals surface area contributed by atoms with Crippen molar-refractivity contribution in [3.05, 3.63) is 74.9 Å². The van der Waals surface area contributed by atoms with Crippen molar-refractivity contribution < 1.29 is 14.6 Å². The molecule has 0 bridgehead atoms. The lowest BCUT2D eigenvalue weighted by Crippen LogP contribution is -2.18. The lowest BCUT2D eigenvalue weighted by atomic mass is 10.2. The molecular formula is C19H15Br2N3O3. The highest BCUT2D eigenvalue weighted by molar-refractivity contribution is 9.11. The van der Waals surface area contributed by atoms with Gasteiger partial charge in [-0.1, -0.05) is 0 Å². The number of phenolic OH excluding ortho intramolecular Hbond substituents is 1. The molecule has 0 unspecified atom stereocenters. The van der Waals surface area contributed by atoms with Crippen LogP contribution in [-0.4, -0.2) is 28.9 Å². The van der Waals surface area contributed by atoms with Crippen LogP contribution in [0.25, 0.3) is 5.69 Å². The number of hydrazone groups is 1. The third kappa shape index (κ3) is 4.40. The molecule has 0 saturated heterocycles. The molecule has 8 heteroatoms. The Labute approximate surface area is 172 Å². The average Bonchev–Trinajstić information content (AvgIpc) is 3.14. The Hall–Kier alpha value is -2.58. The van der Waals surface area contributed by atoms with Crippen molar-refractivity contribution in [3.8, 4) is 17.2 Å². The quantitative estimate of drug-likeness (QED) is 0.407. The van der Waals surface area contributed by atoms with Crippen LogP contribution >= 0.6 is 31.9 Å². The number of hydrogen-bond acceptors (Lipinski definition) is 4. The predicted molar refractivity (Wildman–Crippen MR) is 111 cm³/mol. The summed E-state index contributed by atoms with van der Waals surface area (Å²) in [4.78, 5) is 12.2. The summed E-state index contributed by atoms with van der Waals surface area (Å²) in [5.41, 5.74) is 4.58. The number of halogens is 2. The van der Waals surface area contributed by atoms with E-state index in [-0.39, 0.29) is 5.75 Å². The van der Waals surface area contributed by atoms with Gasteiger partial charge in [0.15, 0.2) is 0 Å². The van der Waals surface area contributed by atoms with Crippen molar-refractivity contribution in [2.75, 3.05) is 7.11 Å². The maximum Gasteiger partial charge on any atom is 0.271 e. The van der Waals surface area contributed by atoms with Crippen LogP contribution < -0.4 is 10.2 Å². The van der Waals surface area contributed by atoms with Gasteiger partial charge in [-0.05, 0) is 80.4 Å². The second-order valence-electron chi connectivity index (χ2n) is 5.49. The molecular weight excluding hydrogens is 478 g/mol. The van der Waals surface area contributed by atoms with Gasteiger partial charge in [-0.15, -0.1) is 0 Å². The van der Waals surface area contributed by atoms with Crippen LogP contribution in [-0.2, 0) is 0 Å². The number of aromatic nitrogens is 1. The number of amides is 1. The van der Waals surface area contributed by atoms with Gasteiger partial charge in [0.1, 0.15) is 11.5 Å². The summed E-state index contributed by atoms with van der Waals surface area (Å²) in [5, 5.41) is 13.7. The SMILES string of the molecule is COc1ccc(-n2cccc2/C=N\NC(=O)c2cc(Br)c(O)c(Br)c2)cc1. The predicted octanol–water partition coefficient (Wildman–Crippen LogP) is 4.48. The van der Waals surface area contributed by atoms with Crippen LogP contribution in [0.15, 0.2) is 68.8 Å². The van der Waals surface area contributed by atoms with E-state index in [9.17, 15) is 9.90 Å². The van der Waals surface area contributed by atoms with Crippen molar-refractivity contribution in [1.29, 1.82) is 0 Å². The molecule has 0 saturated carbocycles. The maximum atomic E-state index is 12.2. The third-order valence-corrected chi connectivity index (χ3v) is 4.98. The summed E-state index contributed by atoms with van der Waals surface area (Å²) in [5.74, 6) is 0.419. The summed E-state index contributed by atoms with van der Waals surface area (Å²) in [7, 11) is 1.62. The molecule has 2 N–H and O–H groups in total. The molecule has 0 aliphatic carbocycles. The van der Waals surface area contributed by atoms with E-state index in [1.165, 1.54) is 12.1 Å². The van der Waals surface area contributed by atoms with Crippen molar-refractivity contribution in [2.45, 2.75) is 0 Å². The van der Waals surface area contributed by atoms with Crippen LogP contribution in [0.1, 0.15) is 16.1 Å². The molecule has 3 rings (SSSR count). The van der Waals surface area contributed by atoms with Gasteiger partial charge in [0.05, 0.1) is 28.0 Å². The second-order valence-corrected chi connectivity index (χ2v) is 7.20. The monoisotopic (exact) mass is 491 g/mol. The number of benzene rings is 2. The normalized spacial score (nSPS) is 10.9. The van der Waals surface area contributed by atoms with Crippen molar-refractivity contribution in [2.24, 2.45) is 5.10 Å². The van der Waals surface area contributed by atoms with Crippen LogP contribution in [0.2, 0.25) is 0 Å². The molecule has 0 aliphatic heterocycles. The van der Waals surface area contributed by atoms with E-state index in [4.69, 9.17) is 4.74 Å². The Morgan fingerprint density at radius 3 is 2.48 bits per heavy atom. The van der Waals surface area contributed by atoms with Gasteiger partial charge >= 0.3 is 0 Å². The molecule has 1 aromatic heterocycles. The Balaban J connectivity index is 1.74. The molecule has 6 nitrogen and oxygen atoms in total. The van der Waals surface area contributed by atoms with E-state index in [1.807, 2.05) is 47.2 Å². The number of nitrogens with one attached hydrogen (secondary N) is 1. The van der Waals surface area contributed by atoms with E-state index in [0.717, 1.165) is 17.1 Å². The first-order valence-corrected chi connectivity index (χ1v) is 9.41. The third-order valence-electron chi connectivity index (χ3n) is 3.77. The maximum absolute atomic E-state index is 12.2. The fourth-order valence-electron chi connectivity index (χ4n) is 2.40. The first kappa shape index (κ1) is 19.2. The molecule has 0 fully saturated rings. The molecule has 2 aromatic carbocycles. The van der Waals surface area contributed by atoms with Crippen LogP contribution in [0, 0.1) is 0 Å². The lowest BCUT2D eigenvalue weighted by molar-refractivity contribution is 0.0955. The zero-order valence-electron chi connectivity index (χ0n) is 14.2. The molecule has 27 heavy (non-hydrogen) atoms. The molecule has 0 atom stereocenters. The number of carbonyl (C=O) groups excluding carboxylic acids is 1. The molecule has 0 aliphatic rings. The van der Waals surface area contributed by atoms with Crippen molar-refractivity contribution in [1.82, 2.24) is 9.99 Å². The zero-order chi connectivity index (χ0) is 19.4. The number of ether oxygens (including phenoxy) is 1. The average molecular weight is 493 g/mol. The summed E-state index contributed by atoms with van der Waals surface area (Å²) < 4.78 is 7.93. The number of carbonyl (C=O) groups is 1. The van der Waals surface area contributed by atoms with E-state index >= 15 is 0 Å². The summed E-state index contributed by atoms with van der Waals surface area (Å²) in [6.07, 6.45) is 3.46. The number of aromatic hydroxyl groups is 1. The highest BCUT2D eigenvalue weighted by atomic mass is 79.9. The van der Waals surface area contributed by atoms with Gasteiger partial charge in [0.25, 0.3) is 5.91 Å². The van der Waals surface area contributed by atoms with Gasteiger partial charge in [0.2, 0.25) is 0 Å². The number of nitrogens with zero attached hydrogens (tertiary/aromatic N) is 2. The second kappa shape index (κ2) is 8.41. The Morgan fingerprint density at radius 2 is 1.85 bits per heavy atom. The first-order chi connectivity index (χ1) is 13.0. The topological polar surface area (TPSA) is 75.8 Å². The lowest BCUT2D eigenvalue weighted by Gasteiger charge is -2.07. The minimum absolute atomic E-state index is 0.0346. The van der Waals surface area contributed by atoms with E-state index in [2.05, 4.69) is 42.4 Å². The number of phenols is 1. The fourth-order valence-corrected chi connectivity index (χ4v) is 3.58. The Morgan fingerprint density at radius 1 is 1.19 bits per heavy atom. The molecule has 1 heterocycles. The molecule has 3 aromatic rings. The smallest absolute Gasteiger partial charge is 0.271 e. The van der Waals surface area contributed by atoms with E-state index < -0.39 is 5.91 Å². The fraction of sp³-hybridized carbons (Fsp3) is 0.0526. The minimum Gasteiger partial charge on any atom is -0.506 e. The summed E-state index contributed by atoms with van der Waals surface area (Å²) in [6, 6.07) is 14.4. The molecule has 0 radical (unpaired) electrons. The van der Waals surface area contributed by atoms with Crippen molar-refractivity contribution >= 4 is 44.0 Å². The van der Waals surface area contributed by atoms with Crippen LogP contribution in [0.4, 0.5) is 0 Å².